The van der Waals surface area contributed by atoms with Crippen LogP contribution in [0.5, 0.6) is 0 Å². The predicted octanol–water partition coefficient (Wildman–Crippen LogP) is 5.22. The van der Waals surface area contributed by atoms with Crippen LogP contribution in [0.15, 0.2) is 42.5 Å². The summed E-state index contributed by atoms with van der Waals surface area (Å²) < 4.78 is 0. The van der Waals surface area contributed by atoms with Crippen LogP contribution in [0.1, 0.15) is 52.0 Å². The van der Waals surface area contributed by atoms with Gasteiger partial charge in [-0.25, -0.2) is 0 Å². The fraction of sp³-hybridized carbons (Fsp3) is 0.545. The van der Waals surface area contributed by atoms with Crippen molar-refractivity contribution in [3.63, 3.8) is 0 Å². The first-order chi connectivity index (χ1) is 11.8. The number of hydrogen-bond donors (Lipinski definition) is 1. The molecule has 1 N–H and O–H groups in total. The Balaban J connectivity index is 0.00000100. The van der Waals surface area contributed by atoms with Crippen molar-refractivity contribution in [2.75, 3.05) is 19.6 Å². The molecule has 1 aliphatic rings. The van der Waals surface area contributed by atoms with E-state index < -0.39 is 0 Å². The lowest BCUT2D eigenvalue weighted by molar-refractivity contribution is 0.159. The molecule has 1 aliphatic heterocycles. The van der Waals surface area contributed by atoms with Gasteiger partial charge in [0.1, 0.15) is 0 Å². The first kappa shape index (κ1) is 19.0. The SMILES string of the molecule is CC.CC1CCCCN1CCCNCc1ccc2ccccc2c1. The summed E-state index contributed by atoms with van der Waals surface area (Å²) in [6.07, 6.45) is 5.43. The van der Waals surface area contributed by atoms with Crippen LogP contribution in [0.2, 0.25) is 0 Å². The van der Waals surface area contributed by atoms with E-state index in [1.54, 1.807) is 0 Å². The summed E-state index contributed by atoms with van der Waals surface area (Å²) in [5.74, 6) is 0. The van der Waals surface area contributed by atoms with Gasteiger partial charge in [-0.1, -0.05) is 56.7 Å². The molecule has 1 atom stereocenters. The van der Waals surface area contributed by atoms with Gasteiger partial charge in [0, 0.05) is 12.6 Å². The van der Waals surface area contributed by atoms with Gasteiger partial charge in [0.25, 0.3) is 0 Å². The smallest absolute Gasteiger partial charge is 0.0205 e. The molecule has 2 nitrogen and oxygen atoms in total. The van der Waals surface area contributed by atoms with Gasteiger partial charge in [-0.15, -0.1) is 0 Å². The van der Waals surface area contributed by atoms with E-state index in [0.29, 0.717) is 0 Å². The van der Waals surface area contributed by atoms with Crippen molar-refractivity contribution in [2.45, 2.75) is 59.0 Å². The zero-order valence-corrected chi connectivity index (χ0v) is 15.7. The van der Waals surface area contributed by atoms with E-state index >= 15 is 0 Å². The van der Waals surface area contributed by atoms with Crippen molar-refractivity contribution in [1.29, 1.82) is 0 Å². The zero-order valence-electron chi connectivity index (χ0n) is 15.7. The molecule has 2 heteroatoms. The molecule has 132 valence electrons. The maximum atomic E-state index is 3.59. The molecule has 0 radical (unpaired) electrons. The molecule has 2 aromatic carbocycles. The second kappa shape index (κ2) is 10.5. The number of fused-ring (bicyclic) bond motifs is 1. The first-order valence-corrected chi connectivity index (χ1v) is 9.75. The summed E-state index contributed by atoms with van der Waals surface area (Å²) in [4.78, 5) is 2.65. The molecule has 2 aromatic rings. The van der Waals surface area contributed by atoms with Gasteiger partial charge in [0.15, 0.2) is 0 Å². The Morgan fingerprint density at radius 2 is 1.83 bits per heavy atom. The van der Waals surface area contributed by atoms with Crippen LogP contribution in [-0.4, -0.2) is 30.6 Å². The van der Waals surface area contributed by atoms with Crippen molar-refractivity contribution in [2.24, 2.45) is 0 Å². The zero-order chi connectivity index (χ0) is 17.2. The van der Waals surface area contributed by atoms with Crippen LogP contribution < -0.4 is 5.32 Å². The Bertz CT molecular complexity index is 593. The van der Waals surface area contributed by atoms with E-state index in [-0.39, 0.29) is 0 Å². The van der Waals surface area contributed by atoms with Crippen molar-refractivity contribution in [3.8, 4) is 0 Å². The summed E-state index contributed by atoms with van der Waals surface area (Å²) >= 11 is 0. The van der Waals surface area contributed by atoms with Crippen LogP contribution in [0, 0.1) is 0 Å². The highest BCUT2D eigenvalue weighted by molar-refractivity contribution is 5.82. The van der Waals surface area contributed by atoms with Gasteiger partial charge in [0.2, 0.25) is 0 Å². The second-order valence-electron chi connectivity index (χ2n) is 6.59. The molecule has 0 aliphatic carbocycles. The number of nitrogens with zero attached hydrogens (tertiary/aromatic N) is 1. The molecule has 0 aromatic heterocycles. The first-order valence-electron chi connectivity index (χ1n) is 9.75. The van der Waals surface area contributed by atoms with Crippen molar-refractivity contribution in [1.82, 2.24) is 10.2 Å². The van der Waals surface area contributed by atoms with Gasteiger partial charge < -0.3 is 10.2 Å². The standard InChI is InChI=1S/C20H28N2.C2H6/c1-17-7-4-5-13-22(17)14-6-12-21-16-18-10-11-19-8-2-3-9-20(19)15-18;1-2/h2-3,8-11,15,17,21H,4-7,12-14,16H2,1H3;1-2H3. The molecule has 0 saturated carbocycles. The third kappa shape index (κ3) is 5.61. The third-order valence-electron chi connectivity index (χ3n) is 4.88. The fourth-order valence-electron chi connectivity index (χ4n) is 3.48. The molecule has 1 saturated heterocycles. The highest BCUT2D eigenvalue weighted by atomic mass is 15.2. The minimum Gasteiger partial charge on any atom is -0.313 e. The monoisotopic (exact) mass is 326 g/mol. The molecular formula is C22H34N2. The third-order valence-corrected chi connectivity index (χ3v) is 4.88. The highest BCUT2D eigenvalue weighted by Gasteiger charge is 2.16. The summed E-state index contributed by atoms with van der Waals surface area (Å²) in [6, 6.07) is 16.1. The van der Waals surface area contributed by atoms with E-state index in [2.05, 4.69) is 59.6 Å². The van der Waals surface area contributed by atoms with E-state index in [1.165, 1.54) is 55.1 Å². The topological polar surface area (TPSA) is 15.3 Å². The number of benzene rings is 2. The summed E-state index contributed by atoms with van der Waals surface area (Å²) in [5, 5.41) is 6.26. The summed E-state index contributed by atoms with van der Waals surface area (Å²) in [7, 11) is 0. The van der Waals surface area contributed by atoms with Gasteiger partial charge in [-0.3, -0.25) is 0 Å². The molecule has 1 heterocycles. The normalized spacial score (nSPS) is 18.2. The largest absolute Gasteiger partial charge is 0.313 e. The molecule has 1 fully saturated rings. The fourth-order valence-corrected chi connectivity index (χ4v) is 3.48. The van der Waals surface area contributed by atoms with Crippen molar-refractivity contribution >= 4 is 10.8 Å². The van der Waals surface area contributed by atoms with Gasteiger partial charge in [-0.05, 0) is 68.2 Å². The molecule has 0 amide bonds. The molecule has 3 rings (SSSR count). The Kier molecular flexibility index (Phi) is 8.27. The number of rotatable bonds is 6. The quantitative estimate of drug-likeness (QED) is 0.732. The lowest BCUT2D eigenvalue weighted by Gasteiger charge is -2.33. The van der Waals surface area contributed by atoms with E-state index in [4.69, 9.17) is 0 Å². The Hall–Kier alpha value is -1.38. The minimum absolute atomic E-state index is 0.786. The minimum atomic E-state index is 0.786. The Morgan fingerprint density at radius 3 is 2.62 bits per heavy atom. The highest BCUT2D eigenvalue weighted by Crippen LogP contribution is 2.17. The number of nitrogens with one attached hydrogen (secondary N) is 1. The summed E-state index contributed by atoms with van der Waals surface area (Å²) in [6.45, 7) is 11.0. The van der Waals surface area contributed by atoms with Crippen LogP contribution in [-0.2, 0) is 6.54 Å². The predicted molar refractivity (Wildman–Crippen MR) is 107 cm³/mol. The lowest BCUT2D eigenvalue weighted by atomic mass is 10.0. The Labute approximate surface area is 148 Å². The summed E-state index contributed by atoms with van der Waals surface area (Å²) in [5.41, 5.74) is 1.38. The van der Waals surface area contributed by atoms with Gasteiger partial charge in [-0.2, -0.15) is 0 Å². The number of hydrogen-bond acceptors (Lipinski definition) is 2. The number of piperidine rings is 1. The van der Waals surface area contributed by atoms with E-state index in [1.807, 2.05) is 13.8 Å². The Morgan fingerprint density at radius 1 is 1.04 bits per heavy atom. The molecule has 24 heavy (non-hydrogen) atoms. The molecular weight excluding hydrogens is 292 g/mol. The average molecular weight is 327 g/mol. The average Bonchev–Trinajstić information content (AvgIpc) is 2.64. The van der Waals surface area contributed by atoms with Crippen molar-refractivity contribution in [3.05, 3.63) is 48.0 Å². The van der Waals surface area contributed by atoms with E-state index in [9.17, 15) is 0 Å². The van der Waals surface area contributed by atoms with Gasteiger partial charge in [0.05, 0.1) is 0 Å². The van der Waals surface area contributed by atoms with Crippen LogP contribution >= 0.6 is 0 Å². The van der Waals surface area contributed by atoms with Gasteiger partial charge >= 0.3 is 0 Å². The lowest BCUT2D eigenvalue weighted by Crippen LogP contribution is -2.38. The molecule has 1 unspecified atom stereocenters. The maximum absolute atomic E-state index is 3.59. The van der Waals surface area contributed by atoms with E-state index in [0.717, 1.165) is 19.1 Å². The van der Waals surface area contributed by atoms with Crippen molar-refractivity contribution < 1.29 is 0 Å². The second-order valence-corrected chi connectivity index (χ2v) is 6.59. The van der Waals surface area contributed by atoms with Crippen LogP contribution in [0.25, 0.3) is 10.8 Å². The van der Waals surface area contributed by atoms with Crippen LogP contribution in [0.4, 0.5) is 0 Å². The number of likely N-dealkylation sites (tertiary alicyclic amines) is 1. The molecule has 0 spiro atoms. The maximum Gasteiger partial charge on any atom is 0.0205 e. The van der Waals surface area contributed by atoms with Crippen LogP contribution in [0.3, 0.4) is 0 Å². The molecule has 0 bridgehead atoms.